The summed E-state index contributed by atoms with van der Waals surface area (Å²) in [6, 6.07) is 5.32. The standard InChI is InChI=1S/C13H18F3NO/c1-9(18-3)12(17-2)8-10-4-6-11(7-5-10)13(14,15)16/h4-7,9,12,17H,8H2,1-3H3. The Kier molecular flexibility index (Phi) is 5.16. The van der Waals surface area contributed by atoms with E-state index in [0.717, 1.165) is 17.7 Å². The Morgan fingerprint density at radius 1 is 1.22 bits per heavy atom. The van der Waals surface area contributed by atoms with E-state index in [9.17, 15) is 13.2 Å². The third-order valence-electron chi connectivity index (χ3n) is 3.05. The minimum atomic E-state index is -4.28. The Morgan fingerprint density at radius 3 is 2.17 bits per heavy atom. The molecule has 0 saturated carbocycles. The van der Waals surface area contributed by atoms with Crippen LogP contribution in [-0.2, 0) is 17.3 Å². The van der Waals surface area contributed by atoms with Crippen molar-refractivity contribution in [1.29, 1.82) is 0 Å². The lowest BCUT2D eigenvalue weighted by Gasteiger charge is -2.22. The molecular weight excluding hydrogens is 243 g/mol. The largest absolute Gasteiger partial charge is 0.416 e. The van der Waals surface area contributed by atoms with Gasteiger partial charge in [0.15, 0.2) is 0 Å². The zero-order valence-electron chi connectivity index (χ0n) is 10.7. The maximum atomic E-state index is 12.4. The Labute approximate surface area is 105 Å². The second-order valence-electron chi connectivity index (χ2n) is 4.23. The molecule has 18 heavy (non-hydrogen) atoms. The molecule has 1 aromatic rings. The second kappa shape index (κ2) is 6.20. The Hall–Kier alpha value is -1.07. The van der Waals surface area contributed by atoms with Crippen molar-refractivity contribution in [2.24, 2.45) is 0 Å². The van der Waals surface area contributed by atoms with Crippen molar-refractivity contribution in [3.63, 3.8) is 0 Å². The summed E-state index contributed by atoms with van der Waals surface area (Å²) in [5.41, 5.74) is 0.235. The minimum Gasteiger partial charge on any atom is -0.380 e. The quantitative estimate of drug-likeness (QED) is 0.880. The summed E-state index contributed by atoms with van der Waals surface area (Å²) in [6.45, 7) is 1.92. The zero-order valence-corrected chi connectivity index (χ0v) is 10.7. The van der Waals surface area contributed by atoms with Crippen molar-refractivity contribution < 1.29 is 17.9 Å². The first-order chi connectivity index (χ1) is 8.38. The number of methoxy groups -OCH3 is 1. The lowest BCUT2D eigenvalue weighted by atomic mass is 10.0. The van der Waals surface area contributed by atoms with Crippen LogP contribution in [-0.4, -0.2) is 26.3 Å². The van der Waals surface area contributed by atoms with E-state index in [0.29, 0.717) is 6.42 Å². The van der Waals surface area contributed by atoms with Gasteiger partial charge in [0.05, 0.1) is 11.7 Å². The smallest absolute Gasteiger partial charge is 0.380 e. The van der Waals surface area contributed by atoms with Gasteiger partial charge in [-0.05, 0) is 38.1 Å². The Balaban J connectivity index is 2.74. The first-order valence-electron chi connectivity index (χ1n) is 5.74. The second-order valence-corrected chi connectivity index (χ2v) is 4.23. The number of rotatable bonds is 5. The molecule has 0 spiro atoms. The molecule has 1 rings (SSSR count). The molecule has 1 N–H and O–H groups in total. The molecule has 2 nitrogen and oxygen atoms in total. The third-order valence-corrected chi connectivity index (χ3v) is 3.05. The summed E-state index contributed by atoms with van der Waals surface area (Å²) in [6.07, 6.45) is -3.65. The number of hydrogen-bond donors (Lipinski definition) is 1. The molecule has 0 aromatic heterocycles. The van der Waals surface area contributed by atoms with Gasteiger partial charge in [0.25, 0.3) is 0 Å². The number of alkyl halides is 3. The third kappa shape index (κ3) is 3.99. The number of halogens is 3. The summed E-state index contributed by atoms with van der Waals surface area (Å²) in [5, 5.41) is 3.10. The molecule has 2 unspecified atom stereocenters. The average Bonchev–Trinajstić information content (AvgIpc) is 2.34. The van der Waals surface area contributed by atoms with Gasteiger partial charge >= 0.3 is 6.18 Å². The normalized spacial score (nSPS) is 15.4. The highest BCUT2D eigenvalue weighted by atomic mass is 19.4. The summed E-state index contributed by atoms with van der Waals surface area (Å²) in [5.74, 6) is 0. The number of likely N-dealkylation sites (N-methyl/N-ethyl adjacent to an activating group) is 1. The van der Waals surface area contributed by atoms with Crippen molar-refractivity contribution >= 4 is 0 Å². The van der Waals surface area contributed by atoms with Crippen molar-refractivity contribution in [3.05, 3.63) is 35.4 Å². The van der Waals surface area contributed by atoms with Crippen molar-refractivity contribution in [1.82, 2.24) is 5.32 Å². The maximum absolute atomic E-state index is 12.4. The topological polar surface area (TPSA) is 21.3 Å². The highest BCUT2D eigenvalue weighted by molar-refractivity contribution is 5.25. The van der Waals surface area contributed by atoms with Gasteiger partial charge in [-0.2, -0.15) is 13.2 Å². The SMILES string of the molecule is CNC(Cc1ccc(C(F)(F)F)cc1)C(C)OC. The van der Waals surface area contributed by atoms with E-state index in [1.165, 1.54) is 12.1 Å². The highest BCUT2D eigenvalue weighted by Crippen LogP contribution is 2.29. The van der Waals surface area contributed by atoms with Crippen LogP contribution >= 0.6 is 0 Å². The molecule has 2 atom stereocenters. The average molecular weight is 261 g/mol. The van der Waals surface area contributed by atoms with Gasteiger partial charge in [-0.3, -0.25) is 0 Å². The van der Waals surface area contributed by atoms with Crippen LogP contribution < -0.4 is 5.32 Å². The van der Waals surface area contributed by atoms with E-state index < -0.39 is 11.7 Å². The number of ether oxygens (including phenoxy) is 1. The van der Waals surface area contributed by atoms with Gasteiger partial charge in [0.1, 0.15) is 0 Å². The molecule has 0 radical (unpaired) electrons. The lowest BCUT2D eigenvalue weighted by molar-refractivity contribution is -0.137. The van der Waals surface area contributed by atoms with E-state index in [1.54, 1.807) is 7.11 Å². The van der Waals surface area contributed by atoms with E-state index in [1.807, 2.05) is 14.0 Å². The van der Waals surface area contributed by atoms with E-state index in [-0.39, 0.29) is 12.1 Å². The molecule has 0 saturated heterocycles. The summed E-state index contributed by atoms with van der Waals surface area (Å²) in [7, 11) is 3.42. The minimum absolute atomic E-state index is 0.00251. The molecule has 0 fully saturated rings. The molecule has 0 aliphatic heterocycles. The van der Waals surface area contributed by atoms with Gasteiger partial charge in [0, 0.05) is 13.2 Å². The van der Waals surface area contributed by atoms with Crippen molar-refractivity contribution in [2.75, 3.05) is 14.2 Å². The molecule has 5 heteroatoms. The highest BCUT2D eigenvalue weighted by Gasteiger charge is 2.30. The Bertz CT molecular complexity index is 361. The van der Waals surface area contributed by atoms with Crippen LogP contribution in [0.15, 0.2) is 24.3 Å². The molecule has 0 aliphatic carbocycles. The lowest BCUT2D eigenvalue weighted by Crippen LogP contribution is -2.38. The van der Waals surface area contributed by atoms with Crippen LogP contribution in [0.2, 0.25) is 0 Å². The maximum Gasteiger partial charge on any atom is 0.416 e. The number of nitrogens with one attached hydrogen (secondary N) is 1. The zero-order chi connectivity index (χ0) is 13.8. The van der Waals surface area contributed by atoms with Crippen LogP contribution in [0.5, 0.6) is 0 Å². The number of benzene rings is 1. The van der Waals surface area contributed by atoms with E-state index in [4.69, 9.17) is 4.74 Å². The van der Waals surface area contributed by atoms with Crippen molar-refractivity contribution in [2.45, 2.75) is 31.7 Å². The van der Waals surface area contributed by atoms with E-state index >= 15 is 0 Å². The van der Waals surface area contributed by atoms with Gasteiger partial charge in [-0.25, -0.2) is 0 Å². The first-order valence-corrected chi connectivity index (χ1v) is 5.74. The molecule has 0 bridgehead atoms. The monoisotopic (exact) mass is 261 g/mol. The van der Waals surface area contributed by atoms with E-state index in [2.05, 4.69) is 5.32 Å². The molecular formula is C13H18F3NO. The van der Waals surface area contributed by atoms with Crippen molar-refractivity contribution in [3.8, 4) is 0 Å². The summed E-state index contributed by atoms with van der Waals surface area (Å²) < 4.78 is 42.4. The van der Waals surface area contributed by atoms with Gasteiger partial charge in [-0.1, -0.05) is 12.1 Å². The fraction of sp³-hybridized carbons (Fsp3) is 0.538. The van der Waals surface area contributed by atoms with Gasteiger partial charge in [0.2, 0.25) is 0 Å². The number of hydrogen-bond acceptors (Lipinski definition) is 2. The van der Waals surface area contributed by atoms with Gasteiger partial charge < -0.3 is 10.1 Å². The molecule has 0 amide bonds. The fourth-order valence-corrected chi connectivity index (χ4v) is 1.75. The summed E-state index contributed by atoms with van der Waals surface area (Å²) in [4.78, 5) is 0. The van der Waals surface area contributed by atoms with Crippen LogP contribution in [0, 0.1) is 0 Å². The molecule has 102 valence electrons. The molecule has 0 heterocycles. The Morgan fingerprint density at radius 2 is 1.78 bits per heavy atom. The van der Waals surface area contributed by atoms with Crippen LogP contribution in [0.4, 0.5) is 13.2 Å². The van der Waals surface area contributed by atoms with Crippen LogP contribution in [0.3, 0.4) is 0 Å². The molecule has 1 aromatic carbocycles. The molecule has 0 aliphatic rings. The predicted molar refractivity (Wildman–Crippen MR) is 64.5 cm³/mol. The van der Waals surface area contributed by atoms with Crippen LogP contribution in [0.25, 0.3) is 0 Å². The van der Waals surface area contributed by atoms with Gasteiger partial charge in [-0.15, -0.1) is 0 Å². The summed E-state index contributed by atoms with van der Waals surface area (Å²) >= 11 is 0. The van der Waals surface area contributed by atoms with Crippen LogP contribution in [0.1, 0.15) is 18.1 Å². The predicted octanol–water partition coefficient (Wildman–Crippen LogP) is 2.87. The fourth-order valence-electron chi connectivity index (χ4n) is 1.75. The first kappa shape index (κ1) is 15.0.